The molecule has 3 aromatic rings. The molecule has 4 heterocycles. The summed E-state index contributed by atoms with van der Waals surface area (Å²) < 4.78 is 7.69. The Morgan fingerprint density at radius 2 is 1.85 bits per heavy atom. The minimum absolute atomic E-state index is 0.0961. The summed E-state index contributed by atoms with van der Waals surface area (Å²) in [5.74, 6) is -0.262. The van der Waals surface area contributed by atoms with Gasteiger partial charge in [0.1, 0.15) is 11.8 Å². The molecule has 4 aliphatic rings. The number of piperidine rings is 1. The predicted octanol–water partition coefficient (Wildman–Crippen LogP) is 2.78. The van der Waals surface area contributed by atoms with Crippen molar-refractivity contribution >= 4 is 40.3 Å². The second-order valence-electron chi connectivity index (χ2n) is 10.9. The summed E-state index contributed by atoms with van der Waals surface area (Å²) in [6, 6.07) is 6.29. The SMILES string of the molecule is COc1ccnc2c1c(C1CC1)nn2[C@H]1C[C@H](CNc2ccc3c(c2)C(=O)N(C2CCC(=O)NC2=O)C3=O)C1. The van der Waals surface area contributed by atoms with Crippen LogP contribution in [0.3, 0.4) is 0 Å². The highest BCUT2D eigenvalue weighted by Gasteiger charge is 2.44. The summed E-state index contributed by atoms with van der Waals surface area (Å²) in [6.07, 6.45) is 6.23. The van der Waals surface area contributed by atoms with Crippen molar-refractivity contribution in [3.05, 3.63) is 47.3 Å². The molecule has 2 aliphatic heterocycles. The van der Waals surface area contributed by atoms with Crippen LogP contribution in [0.15, 0.2) is 30.5 Å². The Labute approximate surface area is 223 Å². The minimum atomic E-state index is -0.966. The van der Waals surface area contributed by atoms with Crippen molar-refractivity contribution in [2.45, 2.75) is 56.5 Å². The Hall–Kier alpha value is -4.28. The first-order valence-electron chi connectivity index (χ1n) is 13.4. The van der Waals surface area contributed by atoms with E-state index in [0.29, 0.717) is 11.8 Å². The lowest BCUT2D eigenvalue weighted by Gasteiger charge is -2.35. The second kappa shape index (κ2) is 8.89. The van der Waals surface area contributed by atoms with Crippen LogP contribution in [0.5, 0.6) is 5.75 Å². The number of nitrogens with zero attached hydrogens (tertiary/aromatic N) is 4. The maximum atomic E-state index is 13.1. The molecule has 3 fully saturated rings. The number of hydrogen-bond donors (Lipinski definition) is 2. The van der Waals surface area contributed by atoms with Crippen LogP contribution in [0, 0.1) is 5.92 Å². The number of amides is 4. The number of carbonyl (C=O) groups excluding carboxylic acids is 4. The number of ether oxygens (including phenoxy) is 1. The fraction of sp³-hybridized carbons (Fsp3) is 0.429. The van der Waals surface area contributed by atoms with Crippen molar-refractivity contribution < 1.29 is 23.9 Å². The number of pyridine rings is 1. The molecule has 200 valence electrons. The number of fused-ring (bicyclic) bond motifs is 2. The number of rotatable bonds is 7. The van der Waals surface area contributed by atoms with Gasteiger partial charge in [-0.2, -0.15) is 5.10 Å². The van der Waals surface area contributed by atoms with Gasteiger partial charge in [0.05, 0.1) is 35.4 Å². The van der Waals surface area contributed by atoms with Gasteiger partial charge in [-0.1, -0.05) is 0 Å². The van der Waals surface area contributed by atoms with Crippen LogP contribution in [0.4, 0.5) is 5.69 Å². The Morgan fingerprint density at radius 3 is 2.59 bits per heavy atom. The fourth-order valence-corrected chi connectivity index (χ4v) is 6.04. The van der Waals surface area contributed by atoms with E-state index in [1.165, 1.54) is 0 Å². The van der Waals surface area contributed by atoms with E-state index in [9.17, 15) is 19.2 Å². The molecule has 1 aromatic carbocycles. The van der Waals surface area contributed by atoms with Gasteiger partial charge in [-0.3, -0.25) is 29.4 Å². The number of carbonyl (C=O) groups is 4. The lowest BCUT2D eigenvalue weighted by molar-refractivity contribution is -0.136. The van der Waals surface area contributed by atoms with Gasteiger partial charge < -0.3 is 10.1 Å². The molecule has 1 saturated heterocycles. The van der Waals surface area contributed by atoms with Gasteiger partial charge in [0, 0.05) is 30.8 Å². The van der Waals surface area contributed by atoms with Gasteiger partial charge in [0.25, 0.3) is 11.8 Å². The summed E-state index contributed by atoms with van der Waals surface area (Å²) >= 11 is 0. The zero-order valence-electron chi connectivity index (χ0n) is 21.5. The summed E-state index contributed by atoms with van der Waals surface area (Å²) in [6.45, 7) is 0.722. The van der Waals surface area contributed by atoms with Crippen molar-refractivity contribution in [2.24, 2.45) is 5.92 Å². The molecule has 1 atom stereocenters. The summed E-state index contributed by atoms with van der Waals surface area (Å²) in [5.41, 5.74) is 3.28. The van der Waals surface area contributed by atoms with Crippen molar-refractivity contribution in [2.75, 3.05) is 19.0 Å². The molecule has 7 rings (SSSR count). The maximum Gasteiger partial charge on any atom is 0.262 e. The number of anilines is 1. The third-order valence-electron chi connectivity index (χ3n) is 8.36. The number of benzene rings is 1. The first kappa shape index (κ1) is 23.8. The van der Waals surface area contributed by atoms with Gasteiger partial charge in [0.2, 0.25) is 11.8 Å². The van der Waals surface area contributed by atoms with E-state index in [1.807, 2.05) is 6.07 Å². The van der Waals surface area contributed by atoms with Crippen LogP contribution < -0.4 is 15.4 Å². The molecular formula is C28H28N6O5. The molecule has 2 aromatic heterocycles. The number of imide groups is 2. The van der Waals surface area contributed by atoms with Crippen LogP contribution in [-0.4, -0.2) is 63.0 Å². The highest BCUT2D eigenvalue weighted by Crippen LogP contribution is 2.47. The predicted molar refractivity (Wildman–Crippen MR) is 139 cm³/mol. The average molecular weight is 529 g/mol. The Morgan fingerprint density at radius 1 is 1.05 bits per heavy atom. The quantitative estimate of drug-likeness (QED) is 0.447. The molecule has 0 bridgehead atoms. The first-order chi connectivity index (χ1) is 18.9. The Kier molecular flexibility index (Phi) is 5.43. The number of hydrogen-bond acceptors (Lipinski definition) is 8. The van der Waals surface area contributed by atoms with Crippen LogP contribution in [0.25, 0.3) is 11.0 Å². The van der Waals surface area contributed by atoms with Crippen molar-refractivity contribution in [1.29, 1.82) is 0 Å². The minimum Gasteiger partial charge on any atom is -0.496 e. The van der Waals surface area contributed by atoms with E-state index in [4.69, 9.17) is 9.84 Å². The smallest absolute Gasteiger partial charge is 0.262 e. The zero-order chi connectivity index (χ0) is 26.8. The van der Waals surface area contributed by atoms with Crippen LogP contribution in [0.1, 0.15) is 76.9 Å². The molecule has 11 heteroatoms. The number of methoxy groups -OCH3 is 1. The molecule has 1 unspecified atom stereocenters. The number of nitrogens with one attached hydrogen (secondary N) is 2. The van der Waals surface area contributed by atoms with Gasteiger partial charge in [-0.05, 0) is 62.3 Å². The average Bonchev–Trinajstić information content (AvgIpc) is 3.64. The lowest BCUT2D eigenvalue weighted by Crippen LogP contribution is -2.54. The van der Waals surface area contributed by atoms with E-state index in [0.717, 1.165) is 65.3 Å². The molecule has 2 N–H and O–H groups in total. The van der Waals surface area contributed by atoms with E-state index in [-0.39, 0.29) is 30.0 Å². The molecule has 2 saturated carbocycles. The highest BCUT2D eigenvalue weighted by molar-refractivity contribution is 6.23. The maximum absolute atomic E-state index is 13.1. The third-order valence-corrected chi connectivity index (χ3v) is 8.36. The summed E-state index contributed by atoms with van der Waals surface area (Å²) in [7, 11) is 1.68. The van der Waals surface area contributed by atoms with E-state index in [2.05, 4.69) is 20.3 Å². The Bertz CT molecular complexity index is 1550. The molecule has 11 nitrogen and oxygen atoms in total. The molecular weight excluding hydrogens is 500 g/mol. The zero-order valence-corrected chi connectivity index (χ0v) is 21.5. The van der Waals surface area contributed by atoms with Gasteiger partial charge in [0.15, 0.2) is 5.65 Å². The lowest BCUT2D eigenvalue weighted by atomic mass is 9.80. The second-order valence-corrected chi connectivity index (χ2v) is 10.9. The Balaban J connectivity index is 1.02. The van der Waals surface area contributed by atoms with Crippen molar-refractivity contribution in [1.82, 2.24) is 25.0 Å². The molecule has 0 radical (unpaired) electrons. The van der Waals surface area contributed by atoms with Crippen LogP contribution >= 0.6 is 0 Å². The molecule has 0 spiro atoms. The van der Waals surface area contributed by atoms with E-state index in [1.54, 1.807) is 31.5 Å². The largest absolute Gasteiger partial charge is 0.496 e. The first-order valence-corrected chi connectivity index (χ1v) is 13.4. The van der Waals surface area contributed by atoms with Crippen molar-refractivity contribution in [3.63, 3.8) is 0 Å². The summed E-state index contributed by atoms with van der Waals surface area (Å²) in [5, 5.41) is 11.6. The topological polar surface area (TPSA) is 136 Å². The summed E-state index contributed by atoms with van der Waals surface area (Å²) in [4.78, 5) is 55.4. The highest BCUT2D eigenvalue weighted by atomic mass is 16.5. The van der Waals surface area contributed by atoms with Crippen LogP contribution in [-0.2, 0) is 9.59 Å². The number of aromatic nitrogens is 3. The van der Waals surface area contributed by atoms with E-state index < -0.39 is 29.7 Å². The van der Waals surface area contributed by atoms with Crippen molar-refractivity contribution in [3.8, 4) is 5.75 Å². The molecule has 39 heavy (non-hydrogen) atoms. The normalized spacial score (nSPS) is 24.5. The van der Waals surface area contributed by atoms with Crippen LogP contribution in [0.2, 0.25) is 0 Å². The monoisotopic (exact) mass is 528 g/mol. The third kappa shape index (κ3) is 3.86. The molecule has 2 aliphatic carbocycles. The van der Waals surface area contributed by atoms with Gasteiger partial charge >= 0.3 is 0 Å². The molecule has 4 amide bonds. The van der Waals surface area contributed by atoms with Gasteiger partial charge in [-0.15, -0.1) is 0 Å². The standard InChI is InChI=1S/C28H28N6O5/c1-39-21-8-9-29-25-23(21)24(15-2-3-15)32-34(25)17-10-14(11-17)13-30-16-4-5-18-19(12-16)28(38)33(27(18)37)20-6-7-22(35)31-26(20)36/h4-5,8-9,12,14-15,17,20,30H,2-3,6-7,10-11,13H2,1H3,(H,31,35,36)/t14-,17-,20?. The van der Waals surface area contributed by atoms with E-state index >= 15 is 0 Å². The van der Waals surface area contributed by atoms with Gasteiger partial charge in [-0.25, -0.2) is 9.67 Å². The fourth-order valence-electron chi connectivity index (χ4n) is 6.04.